The lowest BCUT2D eigenvalue weighted by molar-refractivity contribution is 0.728. The van der Waals surface area contributed by atoms with Crippen molar-refractivity contribution >= 4 is 35.6 Å². The summed E-state index contributed by atoms with van der Waals surface area (Å²) >= 11 is 0. The molecule has 0 aliphatic carbocycles. The monoisotopic (exact) mass is 512 g/mol. The van der Waals surface area contributed by atoms with Crippen molar-refractivity contribution in [3.63, 3.8) is 0 Å². The van der Waals surface area contributed by atoms with Crippen LogP contribution in [0.4, 0.5) is 5.69 Å². The first-order valence-electron chi connectivity index (χ1n) is 10.4. The third-order valence-corrected chi connectivity index (χ3v) is 5.03. The number of guanidine groups is 1. The minimum absolute atomic E-state index is 0. The van der Waals surface area contributed by atoms with Gasteiger partial charge < -0.3 is 15.5 Å². The third kappa shape index (κ3) is 7.87. The van der Waals surface area contributed by atoms with E-state index < -0.39 is 0 Å². The highest BCUT2D eigenvalue weighted by atomic mass is 127. The zero-order chi connectivity index (χ0) is 20.4. The minimum Gasteiger partial charge on any atom is -0.372 e. The SMILES string of the molecule is CCNC(=NCCCN(CC)c1ccccc1)NCCc1c(C)nn(C)c1C.I. The number of nitrogens with one attached hydrogen (secondary N) is 2. The number of aromatic nitrogens is 2. The first-order chi connectivity index (χ1) is 13.6. The molecule has 0 spiro atoms. The number of aryl methyl sites for hydroxylation is 2. The molecule has 1 aromatic heterocycles. The first-order valence-corrected chi connectivity index (χ1v) is 10.4. The fraction of sp³-hybridized carbons (Fsp3) is 0.545. The molecule has 0 aliphatic heterocycles. The van der Waals surface area contributed by atoms with E-state index in [9.17, 15) is 0 Å². The van der Waals surface area contributed by atoms with E-state index in [0.29, 0.717) is 0 Å². The Morgan fingerprint density at radius 2 is 1.86 bits per heavy atom. The fourth-order valence-electron chi connectivity index (χ4n) is 3.39. The zero-order valence-corrected chi connectivity index (χ0v) is 20.9. The predicted molar refractivity (Wildman–Crippen MR) is 135 cm³/mol. The summed E-state index contributed by atoms with van der Waals surface area (Å²) < 4.78 is 1.95. The number of halogens is 1. The van der Waals surface area contributed by atoms with Gasteiger partial charge in [-0.3, -0.25) is 9.67 Å². The summed E-state index contributed by atoms with van der Waals surface area (Å²) in [6.07, 6.45) is 1.98. The third-order valence-electron chi connectivity index (χ3n) is 5.03. The second kappa shape index (κ2) is 13.5. The number of rotatable bonds is 10. The molecule has 1 heterocycles. The van der Waals surface area contributed by atoms with Crippen LogP contribution < -0.4 is 15.5 Å². The molecule has 0 amide bonds. The maximum atomic E-state index is 4.74. The van der Waals surface area contributed by atoms with Gasteiger partial charge in [-0.1, -0.05) is 18.2 Å². The van der Waals surface area contributed by atoms with Gasteiger partial charge in [-0.2, -0.15) is 5.10 Å². The smallest absolute Gasteiger partial charge is 0.191 e. The predicted octanol–water partition coefficient (Wildman–Crippen LogP) is 3.67. The molecule has 162 valence electrons. The van der Waals surface area contributed by atoms with Gasteiger partial charge in [-0.25, -0.2) is 0 Å². The summed E-state index contributed by atoms with van der Waals surface area (Å²) in [7, 11) is 2.00. The van der Waals surface area contributed by atoms with E-state index in [1.807, 2.05) is 11.7 Å². The second-order valence-electron chi connectivity index (χ2n) is 6.98. The Morgan fingerprint density at radius 1 is 1.14 bits per heavy atom. The van der Waals surface area contributed by atoms with Crippen LogP contribution in [0.2, 0.25) is 0 Å². The number of nitrogens with zero attached hydrogens (tertiary/aromatic N) is 4. The van der Waals surface area contributed by atoms with Gasteiger partial charge >= 0.3 is 0 Å². The minimum atomic E-state index is 0. The topological polar surface area (TPSA) is 57.5 Å². The molecule has 2 aromatic rings. The number of anilines is 1. The van der Waals surface area contributed by atoms with Crippen LogP contribution in [0.25, 0.3) is 0 Å². The molecule has 0 aliphatic rings. The lowest BCUT2D eigenvalue weighted by Crippen LogP contribution is -2.38. The number of aliphatic imine (C=N–C) groups is 1. The molecular formula is C22H37IN6. The molecule has 6 nitrogen and oxygen atoms in total. The molecule has 29 heavy (non-hydrogen) atoms. The summed E-state index contributed by atoms with van der Waals surface area (Å²) in [6, 6.07) is 10.6. The number of hydrogen-bond acceptors (Lipinski definition) is 3. The van der Waals surface area contributed by atoms with Gasteiger partial charge in [0.1, 0.15) is 0 Å². The van der Waals surface area contributed by atoms with Gasteiger partial charge in [0.15, 0.2) is 5.96 Å². The summed E-state index contributed by atoms with van der Waals surface area (Å²) in [5, 5.41) is 11.3. The van der Waals surface area contributed by atoms with Crippen molar-refractivity contribution in [3.05, 3.63) is 47.3 Å². The van der Waals surface area contributed by atoms with Crippen LogP contribution in [0.1, 0.15) is 37.2 Å². The van der Waals surface area contributed by atoms with Crippen LogP contribution >= 0.6 is 24.0 Å². The van der Waals surface area contributed by atoms with Crippen molar-refractivity contribution in [2.75, 3.05) is 37.6 Å². The molecule has 0 fully saturated rings. The van der Waals surface area contributed by atoms with E-state index >= 15 is 0 Å². The Balaban J connectivity index is 0.00000420. The molecule has 2 rings (SSSR count). The van der Waals surface area contributed by atoms with Crippen molar-refractivity contribution in [3.8, 4) is 0 Å². The highest BCUT2D eigenvalue weighted by molar-refractivity contribution is 14.0. The van der Waals surface area contributed by atoms with Crippen molar-refractivity contribution in [2.45, 2.75) is 40.5 Å². The van der Waals surface area contributed by atoms with Crippen molar-refractivity contribution in [1.29, 1.82) is 0 Å². The summed E-state index contributed by atoms with van der Waals surface area (Å²) in [5.41, 5.74) is 4.96. The van der Waals surface area contributed by atoms with Crippen LogP contribution in [0, 0.1) is 13.8 Å². The highest BCUT2D eigenvalue weighted by Gasteiger charge is 2.09. The van der Waals surface area contributed by atoms with E-state index in [2.05, 4.69) is 78.7 Å². The average Bonchev–Trinajstić information content (AvgIpc) is 2.94. The van der Waals surface area contributed by atoms with Gasteiger partial charge in [0, 0.05) is 51.2 Å². The average molecular weight is 512 g/mol. The number of hydrogen-bond donors (Lipinski definition) is 2. The maximum Gasteiger partial charge on any atom is 0.191 e. The van der Waals surface area contributed by atoms with E-state index in [1.165, 1.54) is 16.9 Å². The second-order valence-corrected chi connectivity index (χ2v) is 6.98. The zero-order valence-electron chi connectivity index (χ0n) is 18.5. The van der Waals surface area contributed by atoms with Gasteiger partial charge in [-0.15, -0.1) is 24.0 Å². The molecule has 0 atom stereocenters. The Bertz CT molecular complexity index is 741. The van der Waals surface area contributed by atoms with Crippen molar-refractivity contribution < 1.29 is 0 Å². The van der Waals surface area contributed by atoms with Gasteiger partial charge in [0.25, 0.3) is 0 Å². The van der Waals surface area contributed by atoms with E-state index in [-0.39, 0.29) is 24.0 Å². The molecule has 2 N–H and O–H groups in total. The number of para-hydroxylation sites is 1. The lowest BCUT2D eigenvalue weighted by atomic mass is 10.1. The van der Waals surface area contributed by atoms with Crippen LogP contribution in [0.3, 0.4) is 0 Å². The highest BCUT2D eigenvalue weighted by Crippen LogP contribution is 2.13. The molecule has 1 aromatic carbocycles. The number of benzene rings is 1. The van der Waals surface area contributed by atoms with E-state index in [4.69, 9.17) is 4.99 Å². The molecular weight excluding hydrogens is 475 g/mol. The van der Waals surface area contributed by atoms with Crippen LogP contribution in [-0.4, -0.2) is 48.5 Å². The fourth-order valence-corrected chi connectivity index (χ4v) is 3.39. The summed E-state index contributed by atoms with van der Waals surface area (Å²) in [6.45, 7) is 13.0. The standard InChI is InChI=1S/C22H36N6.HI/c1-6-23-22(25-16-14-21-18(3)26-27(5)19(21)4)24-15-11-17-28(7-2)20-12-9-8-10-13-20;/h8-10,12-13H,6-7,11,14-17H2,1-5H3,(H2,23,24,25);1H. The Kier molecular flexibility index (Phi) is 11.7. The Morgan fingerprint density at radius 3 is 2.45 bits per heavy atom. The maximum absolute atomic E-state index is 4.74. The first kappa shape index (κ1) is 25.3. The molecule has 0 radical (unpaired) electrons. The largest absolute Gasteiger partial charge is 0.372 e. The normalized spacial score (nSPS) is 11.1. The Labute approximate surface area is 193 Å². The van der Waals surface area contributed by atoms with E-state index in [0.717, 1.165) is 57.2 Å². The van der Waals surface area contributed by atoms with Gasteiger partial charge in [-0.05, 0) is 58.2 Å². The summed E-state index contributed by atoms with van der Waals surface area (Å²) in [5.74, 6) is 0.893. The molecule has 0 bridgehead atoms. The quantitative estimate of drug-likeness (QED) is 0.221. The summed E-state index contributed by atoms with van der Waals surface area (Å²) in [4.78, 5) is 7.13. The van der Waals surface area contributed by atoms with E-state index in [1.54, 1.807) is 0 Å². The molecule has 7 heteroatoms. The van der Waals surface area contributed by atoms with Crippen LogP contribution in [-0.2, 0) is 13.5 Å². The van der Waals surface area contributed by atoms with Crippen molar-refractivity contribution in [2.24, 2.45) is 12.0 Å². The van der Waals surface area contributed by atoms with Crippen molar-refractivity contribution in [1.82, 2.24) is 20.4 Å². The molecule has 0 unspecified atom stereocenters. The lowest BCUT2D eigenvalue weighted by Gasteiger charge is -2.22. The van der Waals surface area contributed by atoms with Crippen LogP contribution in [0.5, 0.6) is 0 Å². The molecule has 0 saturated carbocycles. The molecule has 0 saturated heterocycles. The van der Waals surface area contributed by atoms with Crippen LogP contribution in [0.15, 0.2) is 35.3 Å². The van der Waals surface area contributed by atoms with Gasteiger partial charge in [0.05, 0.1) is 5.69 Å². The Hall–Kier alpha value is -1.77. The van der Waals surface area contributed by atoms with Gasteiger partial charge in [0.2, 0.25) is 0 Å².